The Balaban J connectivity index is 1.62. The van der Waals surface area contributed by atoms with E-state index in [1.807, 2.05) is 24.1 Å². The lowest BCUT2D eigenvalue weighted by atomic mass is 9.85. The molecule has 22 heavy (non-hydrogen) atoms. The maximum absolute atomic E-state index is 10.1. The van der Waals surface area contributed by atoms with Gasteiger partial charge in [-0.25, -0.2) is 0 Å². The van der Waals surface area contributed by atoms with Crippen molar-refractivity contribution in [1.82, 2.24) is 15.0 Å². The van der Waals surface area contributed by atoms with Gasteiger partial charge >= 0.3 is 0 Å². The van der Waals surface area contributed by atoms with Crippen LogP contribution < -0.4 is 4.74 Å². The molecule has 1 aliphatic rings. The van der Waals surface area contributed by atoms with Crippen molar-refractivity contribution in [3.63, 3.8) is 0 Å². The summed E-state index contributed by atoms with van der Waals surface area (Å²) in [6.45, 7) is 1.16. The molecule has 0 aliphatic heterocycles. The van der Waals surface area contributed by atoms with Gasteiger partial charge in [0, 0.05) is 18.0 Å². The summed E-state index contributed by atoms with van der Waals surface area (Å²) in [6.07, 6.45) is 3.54. The van der Waals surface area contributed by atoms with Gasteiger partial charge < -0.3 is 14.4 Å². The Morgan fingerprint density at radius 2 is 2.18 bits per heavy atom. The fourth-order valence-corrected chi connectivity index (χ4v) is 2.60. The third-order valence-electron chi connectivity index (χ3n) is 4.09. The number of methoxy groups -OCH3 is 1. The van der Waals surface area contributed by atoms with Gasteiger partial charge in [0.15, 0.2) is 17.3 Å². The van der Waals surface area contributed by atoms with Crippen LogP contribution >= 0.6 is 0 Å². The Bertz CT molecular complexity index is 637. The number of aromatic nitrogens is 2. The SMILES string of the molecule is COc1cccc(CN(C)Cc2noc(C3CCC3)n2)c1O. The molecule has 6 nitrogen and oxygen atoms in total. The molecule has 0 unspecified atom stereocenters. The first kappa shape index (κ1) is 14.8. The highest BCUT2D eigenvalue weighted by Crippen LogP contribution is 2.35. The van der Waals surface area contributed by atoms with Crippen LogP contribution in [-0.4, -0.2) is 34.3 Å². The lowest BCUT2D eigenvalue weighted by Gasteiger charge is -2.20. The van der Waals surface area contributed by atoms with Crippen LogP contribution in [-0.2, 0) is 13.1 Å². The third-order valence-corrected chi connectivity index (χ3v) is 4.09. The van der Waals surface area contributed by atoms with Crippen molar-refractivity contribution < 1.29 is 14.4 Å². The van der Waals surface area contributed by atoms with Gasteiger partial charge in [-0.05, 0) is 26.0 Å². The first-order valence-corrected chi connectivity index (χ1v) is 7.53. The summed E-state index contributed by atoms with van der Waals surface area (Å²) in [5.41, 5.74) is 0.810. The quantitative estimate of drug-likeness (QED) is 0.884. The molecular formula is C16H21N3O3. The second kappa shape index (κ2) is 6.36. The molecule has 6 heteroatoms. The molecule has 0 bridgehead atoms. The predicted molar refractivity (Wildman–Crippen MR) is 80.7 cm³/mol. The molecule has 3 rings (SSSR count). The van der Waals surface area contributed by atoms with Crippen LogP contribution in [0.15, 0.2) is 22.7 Å². The zero-order valence-electron chi connectivity index (χ0n) is 13.0. The standard InChI is InChI=1S/C16H21N3O3/c1-19(9-12-7-4-8-13(21-2)15(12)20)10-14-17-16(22-18-14)11-5-3-6-11/h4,7-8,11,20H,3,5-6,9-10H2,1-2H3. The van der Waals surface area contributed by atoms with Gasteiger partial charge in [-0.3, -0.25) is 4.90 Å². The van der Waals surface area contributed by atoms with Crippen LogP contribution in [0.2, 0.25) is 0 Å². The van der Waals surface area contributed by atoms with E-state index in [1.54, 1.807) is 13.2 Å². The highest BCUT2D eigenvalue weighted by atomic mass is 16.5. The van der Waals surface area contributed by atoms with Crippen LogP contribution in [0.1, 0.15) is 42.5 Å². The Morgan fingerprint density at radius 3 is 2.86 bits per heavy atom. The second-order valence-corrected chi connectivity index (χ2v) is 5.82. The number of para-hydroxylation sites is 1. The minimum atomic E-state index is 0.181. The molecule has 0 radical (unpaired) electrons. The molecule has 1 aliphatic carbocycles. The van der Waals surface area contributed by atoms with Crippen LogP contribution in [0, 0.1) is 0 Å². The van der Waals surface area contributed by atoms with Crippen molar-refractivity contribution in [3.05, 3.63) is 35.5 Å². The fraction of sp³-hybridized carbons (Fsp3) is 0.500. The van der Waals surface area contributed by atoms with E-state index < -0.39 is 0 Å². The van der Waals surface area contributed by atoms with Gasteiger partial charge in [-0.15, -0.1) is 0 Å². The van der Waals surface area contributed by atoms with Crippen molar-refractivity contribution in [2.75, 3.05) is 14.2 Å². The molecule has 1 aromatic heterocycles. The van der Waals surface area contributed by atoms with Crippen molar-refractivity contribution >= 4 is 0 Å². The maximum Gasteiger partial charge on any atom is 0.229 e. The van der Waals surface area contributed by atoms with E-state index in [-0.39, 0.29) is 5.75 Å². The molecule has 1 fully saturated rings. The molecule has 0 atom stereocenters. The van der Waals surface area contributed by atoms with Crippen LogP contribution in [0.25, 0.3) is 0 Å². The normalized spacial score (nSPS) is 15.0. The summed E-state index contributed by atoms with van der Waals surface area (Å²) in [5.74, 6) is 2.57. The topological polar surface area (TPSA) is 71.6 Å². The predicted octanol–water partition coefficient (Wildman–Crippen LogP) is 2.68. The minimum Gasteiger partial charge on any atom is -0.504 e. The zero-order valence-corrected chi connectivity index (χ0v) is 13.0. The number of benzene rings is 1. The van der Waals surface area contributed by atoms with E-state index in [1.165, 1.54) is 6.42 Å². The summed E-state index contributed by atoms with van der Waals surface area (Å²) in [6, 6.07) is 5.48. The summed E-state index contributed by atoms with van der Waals surface area (Å²) in [4.78, 5) is 6.50. The van der Waals surface area contributed by atoms with Gasteiger partial charge in [0.05, 0.1) is 13.7 Å². The van der Waals surface area contributed by atoms with Gasteiger partial charge in [0.25, 0.3) is 0 Å². The molecule has 1 N–H and O–H groups in total. The fourth-order valence-electron chi connectivity index (χ4n) is 2.60. The highest BCUT2D eigenvalue weighted by molar-refractivity contribution is 5.45. The average Bonchev–Trinajstić information content (AvgIpc) is 2.87. The monoisotopic (exact) mass is 303 g/mol. The number of ether oxygens (including phenoxy) is 1. The number of phenols is 1. The molecule has 1 aromatic carbocycles. The second-order valence-electron chi connectivity index (χ2n) is 5.82. The molecular weight excluding hydrogens is 282 g/mol. The summed E-state index contributed by atoms with van der Waals surface area (Å²) in [7, 11) is 3.50. The lowest BCUT2D eigenvalue weighted by molar-refractivity contribution is 0.279. The number of aromatic hydroxyl groups is 1. The van der Waals surface area contributed by atoms with Gasteiger partial charge in [0.1, 0.15) is 0 Å². The van der Waals surface area contributed by atoms with E-state index in [2.05, 4.69) is 10.1 Å². The van der Waals surface area contributed by atoms with E-state index in [0.717, 1.165) is 24.3 Å². The van der Waals surface area contributed by atoms with Crippen molar-refractivity contribution in [3.8, 4) is 11.5 Å². The Kier molecular flexibility index (Phi) is 4.29. The third kappa shape index (κ3) is 3.06. The Hall–Kier alpha value is -2.08. The van der Waals surface area contributed by atoms with Crippen molar-refractivity contribution in [2.45, 2.75) is 38.3 Å². The number of nitrogens with zero attached hydrogens (tertiary/aromatic N) is 3. The van der Waals surface area contributed by atoms with E-state index in [4.69, 9.17) is 9.26 Å². The number of hydrogen-bond donors (Lipinski definition) is 1. The maximum atomic E-state index is 10.1. The Labute approximate surface area is 129 Å². The summed E-state index contributed by atoms with van der Waals surface area (Å²) in [5, 5.41) is 14.2. The van der Waals surface area contributed by atoms with Gasteiger partial charge in [0.2, 0.25) is 5.89 Å². The first-order chi connectivity index (χ1) is 10.7. The van der Waals surface area contributed by atoms with Crippen LogP contribution in [0.5, 0.6) is 11.5 Å². The first-order valence-electron chi connectivity index (χ1n) is 7.53. The average molecular weight is 303 g/mol. The summed E-state index contributed by atoms with van der Waals surface area (Å²) < 4.78 is 10.4. The van der Waals surface area contributed by atoms with E-state index in [9.17, 15) is 5.11 Å². The largest absolute Gasteiger partial charge is 0.504 e. The van der Waals surface area contributed by atoms with E-state index >= 15 is 0 Å². The van der Waals surface area contributed by atoms with Crippen molar-refractivity contribution in [1.29, 1.82) is 0 Å². The smallest absolute Gasteiger partial charge is 0.229 e. The molecule has 1 heterocycles. The van der Waals surface area contributed by atoms with E-state index in [0.29, 0.717) is 30.6 Å². The summed E-state index contributed by atoms with van der Waals surface area (Å²) >= 11 is 0. The zero-order chi connectivity index (χ0) is 15.5. The Morgan fingerprint density at radius 1 is 1.36 bits per heavy atom. The van der Waals surface area contributed by atoms with Crippen LogP contribution in [0.4, 0.5) is 0 Å². The number of rotatable bonds is 6. The lowest BCUT2D eigenvalue weighted by Crippen LogP contribution is -2.18. The molecule has 0 spiro atoms. The highest BCUT2D eigenvalue weighted by Gasteiger charge is 2.25. The molecule has 2 aromatic rings. The number of phenolic OH excluding ortho intramolecular Hbond substituents is 1. The van der Waals surface area contributed by atoms with Gasteiger partial charge in [-0.1, -0.05) is 23.7 Å². The molecule has 118 valence electrons. The molecule has 0 amide bonds. The van der Waals surface area contributed by atoms with Crippen LogP contribution in [0.3, 0.4) is 0 Å². The molecule has 0 saturated heterocycles. The molecule has 1 saturated carbocycles. The van der Waals surface area contributed by atoms with Crippen molar-refractivity contribution in [2.24, 2.45) is 0 Å². The van der Waals surface area contributed by atoms with Gasteiger partial charge in [-0.2, -0.15) is 4.98 Å². The number of hydrogen-bond acceptors (Lipinski definition) is 6. The minimum absolute atomic E-state index is 0.181.